The van der Waals surface area contributed by atoms with Crippen molar-refractivity contribution >= 4 is 16.8 Å². The quantitative estimate of drug-likeness (QED) is 0.648. The monoisotopic (exact) mass is 368 g/mol. The number of amides is 1. The van der Waals surface area contributed by atoms with E-state index in [2.05, 4.69) is 28.7 Å². The average molecular weight is 368 g/mol. The molecule has 0 aliphatic carbocycles. The van der Waals surface area contributed by atoms with Crippen molar-refractivity contribution in [2.45, 2.75) is 39.7 Å². The van der Waals surface area contributed by atoms with Crippen molar-refractivity contribution in [2.24, 2.45) is 7.05 Å². The van der Waals surface area contributed by atoms with Crippen molar-refractivity contribution in [2.75, 3.05) is 13.7 Å². The molecule has 2 aromatic heterocycles. The molecular weight excluding hydrogens is 340 g/mol. The number of ether oxygens (including phenoxy) is 1. The van der Waals surface area contributed by atoms with Crippen LogP contribution in [-0.4, -0.2) is 33.7 Å². The van der Waals surface area contributed by atoms with Gasteiger partial charge in [0.1, 0.15) is 11.6 Å². The van der Waals surface area contributed by atoms with E-state index >= 15 is 0 Å². The fraction of sp³-hybridized carbons (Fsp3) is 0.429. The first-order chi connectivity index (χ1) is 12.9. The number of aryl methyl sites for hydroxylation is 2. The van der Waals surface area contributed by atoms with E-state index in [4.69, 9.17) is 4.74 Å². The maximum Gasteiger partial charge on any atom is 0.253 e. The third kappa shape index (κ3) is 3.70. The van der Waals surface area contributed by atoms with Gasteiger partial charge < -0.3 is 19.2 Å². The van der Waals surface area contributed by atoms with E-state index in [9.17, 15) is 4.79 Å². The molecule has 144 valence electrons. The molecule has 0 radical (unpaired) electrons. The molecule has 0 saturated carbocycles. The highest BCUT2D eigenvalue weighted by Crippen LogP contribution is 2.28. The lowest BCUT2D eigenvalue weighted by molar-refractivity contribution is 0.0953. The smallest absolute Gasteiger partial charge is 0.253 e. The third-order valence-corrected chi connectivity index (χ3v) is 5.05. The molecule has 0 aliphatic heterocycles. The molecule has 3 rings (SSSR count). The van der Waals surface area contributed by atoms with Crippen LogP contribution < -0.4 is 10.1 Å². The Hall–Kier alpha value is -2.76. The summed E-state index contributed by atoms with van der Waals surface area (Å²) in [6.07, 6.45) is 4.69. The minimum Gasteiger partial charge on any atom is -0.497 e. The molecule has 0 fully saturated rings. The molecule has 0 aliphatic rings. The van der Waals surface area contributed by atoms with Gasteiger partial charge in [-0.2, -0.15) is 0 Å². The Morgan fingerprint density at radius 2 is 2.11 bits per heavy atom. The van der Waals surface area contributed by atoms with E-state index < -0.39 is 0 Å². The summed E-state index contributed by atoms with van der Waals surface area (Å²) < 4.78 is 9.53. The highest BCUT2D eigenvalue weighted by Gasteiger charge is 2.18. The first kappa shape index (κ1) is 19.0. The van der Waals surface area contributed by atoms with Gasteiger partial charge in [0, 0.05) is 55.0 Å². The lowest BCUT2D eigenvalue weighted by Crippen LogP contribution is -2.26. The number of methoxy groups -OCH3 is 1. The van der Waals surface area contributed by atoms with Gasteiger partial charge in [-0.3, -0.25) is 4.79 Å². The Labute approximate surface area is 160 Å². The number of benzene rings is 1. The van der Waals surface area contributed by atoms with E-state index in [1.54, 1.807) is 7.11 Å². The summed E-state index contributed by atoms with van der Waals surface area (Å²) in [6.45, 7) is 7.71. The normalized spacial score (nSPS) is 11.3. The molecule has 0 saturated heterocycles. The van der Waals surface area contributed by atoms with Crippen LogP contribution in [0.15, 0.2) is 30.6 Å². The molecule has 1 aromatic carbocycles. The highest BCUT2D eigenvalue weighted by atomic mass is 16.5. The van der Waals surface area contributed by atoms with E-state index in [1.165, 1.54) is 0 Å². The Kier molecular flexibility index (Phi) is 5.54. The van der Waals surface area contributed by atoms with Crippen LogP contribution in [0.5, 0.6) is 5.75 Å². The van der Waals surface area contributed by atoms with Crippen LogP contribution in [0.1, 0.15) is 48.1 Å². The van der Waals surface area contributed by atoms with Crippen LogP contribution in [0.25, 0.3) is 10.9 Å². The van der Waals surface area contributed by atoms with Gasteiger partial charge in [0.15, 0.2) is 0 Å². The minimum absolute atomic E-state index is 0.0407. The Morgan fingerprint density at radius 3 is 2.81 bits per heavy atom. The van der Waals surface area contributed by atoms with Gasteiger partial charge in [-0.25, -0.2) is 4.98 Å². The minimum atomic E-state index is -0.0407. The van der Waals surface area contributed by atoms with Gasteiger partial charge in [-0.05, 0) is 31.5 Å². The molecule has 0 unspecified atom stereocenters. The summed E-state index contributed by atoms with van der Waals surface area (Å²) in [6, 6.07) is 5.84. The number of rotatable bonds is 7. The molecular formula is C21H28N4O2. The van der Waals surface area contributed by atoms with Crippen molar-refractivity contribution in [3.8, 4) is 5.75 Å². The highest BCUT2D eigenvalue weighted by molar-refractivity contribution is 6.08. The van der Waals surface area contributed by atoms with Crippen LogP contribution in [0.3, 0.4) is 0 Å². The van der Waals surface area contributed by atoms with Crippen molar-refractivity contribution in [3.05, 3.63) is 47.7 Å². The molecule has 1 amide bonds. The summed E-state index contributed by atoms with van der Waals surface area (Å²) in [5.41, 5.74) is 2.70. The number of carbonyl (C=O) groups excluding carboxylic acids is 1. The lowest BCUT2D eigenvalue weighted by atomic mass is 10.1. The molecule has 27 heavy (non-hydrogen) atoms. The topological polar surface area (TPSA) is 61.1 Å². The Balaban J connectivity index is 1.69. The number of nitrogens with one attached hydrogen (secondary N) is 1. The summed E-state index contributed by atoms with van der Waals surface area (Å²) in [5.74, 6) is 2.19. The molecule has 6 heteroatoms. The SMILES string of the molecule is COc1ccc2c(c1)c(C(=O)NCCCn1ccnc1C(C)C)c(C)n2C. The second kappa shape index (κ2) is 7.86. The van der Waals surface area contributed by atoms with Crippen LogP contribution in [0, 0.1) is 6.92 Å². The van der Waals surface area contributed by atoms with Crippen molar-refractivity contribution in [1.82, 2.24) is 19.4 Å². The molecule has 0 bridgehead atoms. The Bertz CT molecular complexity index is 953. The van der Waals surface area contributed by atoms with E-state index in [1.807, 2.05) is 49.1 Å². The number of hydrogen-bond donors (Lipinski definition) is 1. The molecule has 0 atom stereocenters. The molecule has 3 aromatic rings. The van der Waals surface area contributed by atoms with Crippen molar-refractivity contribution < 1.29 is 9.53 Å². The first-order valence-corrected chi connectivity index (χ1v) is 9.36. The third-order valence-electron chi connectivity index (χ3n) is 5.05. The van der Waals surface area contributed by atoms with Crippen LogP contribution in [-0.2, 0) is 13.6 Å². The molecule has 0 spiro atoms. The summed E-state index contributed by atoms with van der Waals surface area (Å²) in [5, 5.41) is 3.99. The second-order valence-electron chi connectivity index (χ2n) is 7.15. The largest absolute Gasteiger partial charge is 0.497 e. The summed E-state index contributed by atoms with van der Waals surface area (Å²) >= 11 is 0. The maximum absolute atomic E-state index is 12.8. The van der Waals surface area contributed by atoms with Gasteiger partial charge in [0.05, 0.1) is 12.7 Å². The Morgan fingerprint density at radius 1 is 1.33 bits per heavy atom. The van der Waals surface area contributed by atoms with Gasteiger partial charge in [-0.15, -0.1) is 0 Å². The summed E-state index contributed by atoms with van der Waals surface area (Å²) in [4.78, 5) is 17.2. The lowest BCUT2D eigenvalue weighted by Gasteiger charge is -2.11. The number of fused-ring (bicyclic) bond motifs is 1. The summed E-state index contributed by atoms with van der Waals surface area (Å²) in [7, 11) is 3.62. The molecule has 2 heterocycles. The number of imidazole rings is 1. The maximum atomic E-state index is 12.8. The van der Waals surface area contributed by atoms with E-state index in [0.29, 0.717) is 12.5 Å². The predicted molar refractivity (Wildman–Crippen MR) is 107 cm³/mol. The molecule has 6 nitrogen and oxygen atoms in total. The van der Waals surface area contributed by atoms with E-state index in [-0.39, 0.29) is 5.91 Å². The standard InChI is InChI=1S/C21H28N4O2/c1-14(2)20-22-10-12-25(20)11-6-9-23-21(26)19-15(3)24(4)18-8-7-16(27-5)13-17(18)19/h7-8,10,12-14H,6,9,11H2,1-5H3,(H,23,26). The van der Waals surface area contributed by atoms with Gasteiger partial charge >= 0.3 is 0 Å². The predicted octanol–water partition coefficient (Wildman–Crippen LogP) is 3.64. The second-order valence-corrected chi connectivity index (χ2v) is 7.15. The average Bonchev–Trinajstić information content (AvgIpc) is 3.22. The van der Waals surface area contributed by atoms with Crippen LogP contribution in [0.2, 0.25) is 0 Å². The number of nitrogens with zero attached hydrogens (tertiary/aromatic N) is 3. The zero-order valence-electron chi connectivity index (χ0n) is 16.7. The molecule has 1 N–H and O–H groups in total. The fourth-order valence-electron chi connectivity index (χ4n) is 3.51. The number of aromatic nitrogens is 3. The first-order valence-electron chi connectivity index (χ1n) is 9.36. The van der Waals surface area contributed by atoms with Crippen molar-refractivity contribution in [1.29, 1.82) is 0 Å². The zero-order valence-corrected chi connectivity index (χ0v) is 16.7. The van der Waals surface area contributed by atoms with Crippen molar-refractivity contribution in [3.63, 3.8) is 0 Å². The van der Waals surface area contributed by atoms with Gasteiger partial charge in [-0.1, -0.05) is 13.8 Å². The zero-order chi connectivity index (χ0) is 19.6. The number of hydrogen-bond acceptors (Lipinski definition) is 3. The number of carbonyl (C=O) groups is 1. The van der Waals surface area contributed by atoms with Gasteiger partial charge in [0.25, 0.3) is 5.91 Å². The van der Waals surface area contributed by atoms with Crippen LogP contribution >= 0.6 is 0 Å². The van der Waals surface area contributed by atoms with Crippen LogP contribution in [0.4, 0.5) is 0 Å². The van der Waals surface area contributed by atoms with E-state index in [0.717, 1.165) is 46.7 Å². The fourth-order valence-corrected chi connectivity index (χ4v) is 3.51. The van der Waals surface area contributed by atoms with Gasteiger partial charge in [0.2, 0.25) is 0 Å².